The van der Waals surface area contributed by atoms with E-state index in [2.05, 4.69) is 19.3 Å². The molecule has 7 atom stereocenters. The number of nitrogens with zero attached hydrogens (tertiary/aromatic N) is 1. The lowest BCUT2D eigenvalue weighted by Crippen LogP contribution is -2.53. The summed E-state index contributed by atoms with van der Waals surface area (Å²) in [4.78, 5) is 0.782. The van der Waals surface area contributed by atoms with Gasteiger partial charge in [-0.05, 0) is 93.8 Å². The molecular formula is C21H34N2S2. The van der Waals surface area contributed by atoms with Crippen LogP contribution in [0.3, 0.4) is 0 Å². The Hall–Kier alpha value is -0.0900. The number of rotatable bonds is 1. The highest BCUT2D eigenvalue weighted by molar-refractivity contribution is 7.81. The molecule has 4 rings (SSSR count). The molecule has 0 aliphatic heterocycles. The highest BCUT2D eigenvalue weighted by Crippen LogP contribution is 2.65. The Morgan fingerprint density at radius 3 is 2.68 bits per heavy atom. The third kappa shape index (κ3) is 2.90. The summed E-state index contributed by atoms with van der Waals surface area (Å²) in [7, 11) is 0. The molecule has 2 nitrogen and oxygen atoms in total. The van der Waals surface area contributed by atoms with Crippen LogP contribution in [-0.4, -0.2) is 16.0 Å². The molecule has 0 aromatic heterocycles. The van der Waals surface area contributed by atoms with Gasteiger partial charge in [-0.15, -0.1) is 0 Å². The van der Waals surface area contributed by atoms with Gasteiger partial charge in [-0.3, -0.25) is 5.43 Å². The summed E-state index contributed by atoms with van der Waals surface area (Å²) in [5.74, 6) is 3.61. The first kappa shape index (κ1) is 18.3. The molecule has 0 aromatic carbocycles. The van der Waals surface area contributed by atoms with E-state index in [1.54, 1.807) is 0 Å². The molecule has 0 radical (unpaired) electrons. The first-order chi connectivity index (χ1) is 11.8. The van der Waals surface area contributed by atoms with E-state index in [0.717, 1.165) is 28.7 Å². The van der Waals surface area contributed by atoms with Crippen LogP contribution in [0.15, 0.2) is 5.10 Å². The van der Waals surface area contributed by atoms with Crippen molar-refractivity contribution in [2.45, 2.75) is 83.8 Å². The van der Waals surface area contributed by atoms with Crippen LogP contribution in [0.4, 0.5) is 0 Å². The average molecular weight is 379 g/mol. The maximum absolute atomic E-state index is 5.17. The van der Waals surface area contributed by atoms with E-state index < -0.39 is 0 Å². The van der Waals surface area contributed by atoms with Gasteiger partial charge in [0.25, 0.3) is 0 Å². The van der Waals surface area contributed by atoms with E-state index in [1.165, 1.54) is 63.5 Å². The Labute approximate surface area is 164 Å². The van der Waals surface area contributed by atoms with Crippen molar-refractivity contribution in [2.75, 3.05) is 0 Å². The van der Waals surface area contributed by atoms with Crippen molar-refractivity contribution < 1.29 is 0 Å². The van der Waals surface area contributed by atoms with Gasteiger partial charge in [0, 0.05) is 16.4 Å². The fraction of sp³-hybridized carbons (Fsp3) is 0.905. The molecule has 0 spiro atoms. The molecule has 4 aliphatic carbocycles. The van der Waals surface area contributed by atoms with Gasteiger partial charge in [-0.25, -0.2) is 0 Å². The SMILES string of the molecule is CC(=S)N/N=C1/CC[C@H]2[C@@H]3CC[C@H]4C[C@H](S)CC[C@]4(C)[C@H]3CC[C@]12C. The van der Waals surface area contributed by atoms with Gasteiger partial charge in [-0.1, -0.05) is 26.1 Å². The number of thiocarbonyl (C=S) groups is 1. The van der Waals surface area contributed by atoms with Gasteiger partial charge < -0.3 is 0 Å². The van der Waals surface area contributed by atoms with Crippen LogP contribution in [0.2, 0.25) is 0 Å². The lowest BCUT2D eigenvalue weighted by Gasteiger charge is -2.60. The van der Waals surface area contributed by atoms with E-state index in [4.69, 9.17) is 29.9 Å². The largest absolute Gasteiger partial charge is 0.272 e. The molecule has 4 heteroatoms. The summed E-state index contributed by atoms with van der Waals surface area (Å²) < 4.78 is 0. The summed E-state index contributed by atoms with van der Waals surface area (Å²) in [5.41, 5.74) is 5.37. The molecule has 0 heterocycles. The zero-order valence-corrected chi connectivity index (χ0v) is 17.8. The highest BCUT2D eigenvalue weighted by Gasteiger charge is 2.59. The van der Waals surface area contributed by atoms with Crippen molar-refractivity contribution in [3.63, 3.8) is 0 Å². The van der Waals surface area contributed by atoms with Crippen molar-refractivity contribution >= 4 is 35.5 Å². The number of thiol groups is 1. The first-order valence-electron chi connectivity index (χ1n) is 10.4. The van der Waals surface area contributed by atoms with Crippen LogP contribution in [0.5, 0.6) is 0 Å². The van der Waals surface area contributed by atoms with Crippen LogP contribution in [0.1, 0.15) is 78.6 Å². The minimum absolute atomic E-state index is 0.308. The number of hydrazone groups is 1. The third-order valence-electron chi connectivity index (χ3n) is 8.73. The molecule has 4 fully saturated rings. The lowest BCUT2D eigenvalue weighted by molar-refractivity contribution is -0.0924. The van der Waals surface area contributed by atoms with Gasteiger partial charge in [0.2, 0.25) is 0 Å². The van der Waals surface area contributed by atoms with Gasteiger partial charge in [0.05, 0.1) is 4.99 Å². The second-order valence-corrected chi connectivity index (χ2v) is 11.1. The Bertz CT molecular complexity index is 588. The maximum atomic E-state index is 5.17. The average Bonchev–Trinajstić information content (AvgIpc) is 2.90. The molecule has 0 aromatic rings. The van der Waals surface area contributed by atoms with E-state index in [9.17, 15) is 0 Å². The maximum Gasteiger partial charge on any atom is 0.0930 e. The van der Waals surface area contributed by atoms with Crippen molar-refractivity contribution in [1.29, 1.82) is 0 Å². The van der Waals surface area contributed by atoms with Gasteiger partial charge in [-0.2, -0.15) is 17.7 Å². The van der Waals surface area contributed by atoms with Gasteiger partial charge >= 0.3 is 0 Å². The fourth-order valence-electron chi connectivity index (χ4n) is 7.35. The first-order valence-corrected chi connectivity index (χ1v) is 11.3. The van der Waals surface area contributed by atoms with E-state index in [1.807, 2.05) is 6.92 Å². The predicted octanol–water partition coefficient (Wildman–Crippen LogP) is 5.62. The monoisotopic (exact) mass is 378 g/mol. The summed E-state index contributed by atoms with van der Waals surface area (Å²) in [6.07, 6.45) is 12.2. The fourth-order valence-corrected chi connectivity index (χ4v) is 7.78. The topological polar surface area (TPSA) is 24.4 Å². The Morgan fingerprint density at radius 1 is 1.12 bits per heavy atom. The Kier molecular flexibility index (Phi) is 4.76. The summed E-state index contributed by atoms with van der Waals surface area (Å²) >= 11 is 10.00. The second-order valence-electron chi connectivity index (χ2n) is 9.81. The second kappa shape index (κ2) is 6.51. The lowest BCUT2D eigenvalue weighted by atomic mass is 9.45. The summed E-state index contributed by atoms with van der Waals surface area (Å²) in [6, 6.07) is 0. The third-order valence-corrected chi connectivity index (χ3v) is 9.29. The van der Waals surface area contributed by atoms with Gasteiger partial charge in [0.1, 0.15) is 0 Å². The van der Waals surface area contributed by atoms with E-state index in [0.29, 0.717) is 16.1 Å². The molecule has 0 amide bonds. The van der Waals surface area contributed by atoms with Crippen molar-refractivity contribution in [1.82, 2.24) is 5.43 Å². The predicted molar refractivity (Wildman–Crippen MR) is 113 cm³/mol. The quantitative estimate of drug-likeness (QED) is 0.351. The molecule has 140 valence electrons. The number of nitrogens with one attached hydrogen (secondary N) is 1. The van der Waals surface area contributed by atoms with Crippen molar-refractivity contribution in [3.8, 4) is 0 Å². The van der Waals surface area contributed by atoms with Crippen LogP contribution >= 0.6 is 24.8 Å². The Morgan fingerprint density at radius 2 is 1.92 bits per heavy atom. The minimum atomic E-state index is 0.308. The smallest absolute Gasteiger partial charge is 0.0930 e. The molecule has 0 saturated heterocycles. The van der Waals surface area contributed by atoms with Gasteiger partial charge in [0.15, 0.2) is 0 Å². The van der Waals surface area contributed by atoms with E-state index in [-0.39, 0.29) is 0 Å². The van der Waals surface area contributed by atoms with Crippen LogP contribution < -0.4 is 5.43 Å². The van der Waals surface area contributed by atoms with Crippen LogP contribution in [0.25, 0.3) is 0 Å². The summed E-state index contributed by atoms with van der Waals surface area (Å²) in [5, 5.41) is 5.39. The number of hydrogen-bond acceptors (Lipinski definition) is 3. The molecule has 4 saturated carbocycles. The molecule has 0 bridgehead atoms. The van der Waals surface area contributed by atoms with E-state index >= 15 is 0 Å². The zero-order chi connectivity index (χ0) is 17.8. The Balaban J connectivity index is 1.58. The number of hydrogen-bond donors (Lipinski definition) is 2. The van der Waals surface area contributed by atoms with Crippen molar-refractivity contribution in [2.24, 2.45) is 39.6 Å². The molecule has 25 heavy (non-hydrogen) atoms. The summed E-state index contributed by atoms with van der Waals surface area (Å²) in [6.45, 7) is 7.06. The standard InChI is InChI=1S/C21H34N2S2/c1-13(24)22-23-19-7-6-17-16-5-4-14-12-15(25)8-10-20(14,2)18(16)9-11-21(17,19)3/h14-18,25H,4-12H2,1-3H3,(H,22,24)/b23-19-/t14-,15+,16-,17-,18-,20-,21-/m0/s1. The van der Waals surface area contributed by atoms with Crippen molar-refractivity contribution in [3.05, 3.63) is 0 Å². The zero-order valence-electron chi connectivity index (χ0n) is 16.1. The molecular weight excluding hydrogens is 344 g/mol. The molecule has 0 unspecified atom stereocenters. The normalized spacial score (nSPS) is 50.7. The van der Waals surface area contributed by atoms with Crippen LogP contribution in [0, 0.1) is 34.5 Å². The number of fused-ring (bicyclic) bond motifs is 5. The van der Waals surface area contributed by atoms with Crippen LogP contribution in [-0.2, 0) is 0 Å². The highest BCUT2D eigenvalue weighted by atomic mass is 32.1. The molecule has 1 N–H and O–H groups in total. The minimum Gasteiger partial charge on any atom is -0.272 e. The molecule has 4 aliphatic rings.